The Bertz CT molecular complexity index is 91.6. The second-order valence-corrected chi connectivity index (χ2v) is 3.82. The summed E-state index contributed by atoms with van der Waals surface area (Å²) in [5, 5.41) is 0. The molecule has 0 aromatic carbocycles. The lowest BCUT2D eigenvalue weighted by Gasteiger charge is -2.28. The predicted molar refractivity (Wildman–Crippen MR) is 46.2 cm³/mol. The molecule has 0 rings (SSSR count). The van der Waals surface area contributed by atoms with Crippen LogP contribution in [0, 0.1) is 0 Å². The highest BCUT2D eigenvalue weighted by Gasteiger charge is 2.11. The van der Waals surface area contributed by atoms with E-state index in [2.05, 4.69) is 33.1 Å². The van der Waals surface area contributed by atoms with E-state index in [1.54, 1.807) is 0 Å². The van der Waals surface area contributed by atoms with Crippen molar-refractivity contribution in [3.8, 4) is 0 Å². The van der Waals surface area contributed by atoms with Gasteiger partial charge < -0.3 is 9.38 Å². The van der Waals surface area contributed by atoms with Crippen molar-refractivity contribution in [2.75, 3.05) is 47.3 Å². The molecule has 0 saturated heterocycles. The van der Waals surface area contributed by atoms with Crippen molar-refractivity contribution in [3.63, 3.8) is 0 Å². The zero-order valence-corrected chi connectivity index (χ0v) is 8.15. The van der Waals surface area contributed by atoms with E-state index in [1.165, 1.54) is 0 Å². The molecule has 0 spiro atoms. The summed E-state index contributed by atoms with van der Waals surface area (Å²) in [6, 6.07) is 0.688. The largest absolute Gasteiger partial charge is 0.315 e. The van der Waals surface area contributed by atoms with Crippen molar-refractivity contribution in [2.24, 2.45) is 0 Å². The van der Waals surface area contributed by atoms with Crippen molar-refractivity contribution in [1.82, 2.24) is 4.90 Å². The number of hydrogen-bond acceptors (Lipinski definition) is 1. The first-order valence-electron chi connectivity index (χ1n) is 3.50. The monoisotopic (exact) mass is 165 g/mol. The van der Waals surface area contributed by atoms with E-state index < -0.39 is 0 Å². The van der Waals surface area contributed by atoms with Crippen LogP contribution in [-0.4, -0.2) is 56.7 Å². The highest BCUT2D eigenvalue weighted by molar-refractivity contribution is 6.16. The van der Waals surface area contributed by atoms with Crippen LogP contribution >= 0.6 is 11.6 Å². The molecule has 0 radical (unpaired) electrons. The molecule has 0 aromatic heterocycles. The lowest BCUT2D eigenvalue weighted by atomic mass is 10.5. The van der Waals surface area contributed by atoms with Gasteiger partial charge in [-0.3, -0.25) is 0 Å². The fourth-order valence-electron chi connectivity index (χ4n) is 0.530. The molecular formula is C7H18ClN2+. The average Bonchev–Trinajstić information content (AvgIpc) is 1.85. The third kappa shape index (κ3) is 5.03. The Morgan fingerprint density at radius 2 is 1.80 bits per heavy atom. The van der Waals surface area contributed by atoms with Crippen molar-refractivity contribution < 1.29 is 4.48 Å². The van der Waals surface area contributed by atoms with Gasteiger partial charge in [0.15, 0.2) is 6.00 Å². The smallest absolute Gasteiger partial charge is 0.154 e. The van der Waals surface area contributed by atoms with Crippen LogP contribution in [0.15, 0.2) is 0 Å². The zero-order valence-electron chi connectivity index (χ0n) is 7.39. The molecule has 0 aliphatic carbocycles. The summed E-state index contributed by atoms with van der Waals surface area (Å²) in [4.78, 5) is 2.17. The molecular weight excluding hydrogens is 148 g/mol. The van der Waals surface area contributed by atoms with E-state index in [1.807, 2.05) is 0 Å². The SMILES string of the molecule is CN(C)CC[N+](C)(C)CCl. The number of rotatable bonds is 4. The minimum atomic E-state index is 0.688. The van der Waals surface area contributed by atoms with Crippen molar-refractivity contribution in [1.29, 1.82) is 0 Å². The van der Waals surface area contributed by atoms with Gasteiger partial charge >= 0.3 is 0 Å². The Labute approximate surface area is 69.0 Å². The Morgan fingerprint density at radius 3 is 2.10 bits per heavy atom. The molecule has 0 aromatic rings. The second kappa shape index (κ2) is 4.16. The quantitative estimate of drug-likeness (QED) is 0.339. The molecule has 0 N–H and O–H groups in total. The molecule has 2 nitrogen and oxygen atoms in total. The van der Waals surface area contributed by atoms with Crippen LogP contribution in [-0.2, 0) is 0 Å². The van der Waals surface area contributed by atoms with E-state index >= 15 is 0 Å². The Morgan fingerprint density at radius 1 is 1.30 bits per heavy atom. The van der Waals surface area contributed by atoms with Gasteiger partial charge in [0.05, 0.1) is 20.6 Å². The molecule has 0 fully saturated rings. The maximum Gasteiger partial charge on any atom is 0.154 e. The minimum absolute atomic E-state index is 0.688. The molecule has 0 aliphatic heterocycles. The number of hydrogen-bond donors (Lipinski definition) is 0. The number of halogens is 1. The van der Waals surface area contributed by atoms with Crippen LogP contribution in [0.1, 0.15) is 0 Å². The van der Waals surface area contributed by atoms with Gasteiger partial charge in [-0.1, -0.05) is 11.6 Å². The van der Waals surface area contributed by atoms with Crippen molar-refractivity contribution >= 4 is 11.6 Å². The minimum Gasteiger partial charge on any atom is -0.315 e. The van der Waals surface area contributed by atoms with Crippen LogP contribution in [0.3, 0.4) is 0 Å². The van der Waals surface area contributed by atoms with Gasteiger partial charge in [0, 0.05) is 6.54 Å². The maximum absolute atomic E-state index is 5.73. The number of likely N-dealkylation sites (N-methyl/N-ethyl adjacent to an activating group) is 2. The van der Waals surface area contributed by atoms with Gasteiger partial charge in [0.1, 0.15) is 0 Å². The fraction of sp³-hybridized carbons (Fsp3) is 1.00. The number of alkyl halides is 1. The van der Waals surface area contributed by atoms with E-state index in [0.717, 1.165) is 17.6 Å². The summed E-state index contributed by atoms with van der Waals surface area (Å²) in [5.41, 5.74) is 0. The first-order chi connectivity index (χ1) is 4.48. The molecule has 0 saturated carbocycles. The van der Waals surface area contributed by atoms with Crippen LogP contribution < -0.4 is 0 Å². The van der Waals surface area contributed by atoms with Gasteiger partial charge in [-0.15, -0.1) is 0 Å². The number of nitrogens with zero attached hydrogens (tertiary/aromatic N) is 2. The third-order valence-electron chi connectivity index (χ3n) is 1.48. The Hall–Kier alpha value is 0.210. The average molecular weight is 166 g/mol. The molecule has 0 atom stereocenters. The fourth-order valence-corrected chi connectivity index (χ4v) is 0.650. The van der Waals surface area contributed by atoms with Crippen LogP contribution in [0.2, 0.25) is 0 Å². The first-order valence-corrected chi connectivity index (χ1v) is 4.04. The van der Waals surface area contributed by atoms with E-state index in [0.29, 0.717) is 6.00 Å². The van der Waals surface area contributed by atoms with E-state index in [9.17, 15) is 0 Å². The van der Waals surface area contributed by atoms with Crippen LogP contribution in [0.4, 0.5) is 0 Å². The first kappa shape index (κ1) is 10.2. The van der Waals surface area contributed by atoms with Gasteiger partial charge in [-0.2, -0.15) is 0 Å². The summed E-state index contributed by atoms with van der Waals surface area (Å²) >= 11 is 5.73. The van der Waals surface area contributed by atoms with E-state index in [4.69, 9.17) is 11.6 Å². The van der Waals surface area contributed by atoms with Gasteiger partial charge in [0.25, 0.3) is 0 Å². The van der Waals surface area contributed by atoms with Gasteiger partial charge in [-0.25, -0.2) is 0 Å². The summed E-state index contributed by atoms with van der Waals surface area (Å²) < 4.78 is 0.889. The van der Waals surface area contributed by atoms with Crippen LogP contribution in [0.25, 0.3) is 0 Å². The Kier molecular flexibility index (Phi) is 4.25. The maximum atomic E-state index is 5.73. The summed E-state index contributed by atoms with van der Waals surface area (Å²) in [5.74, 6) is 0. The lowest BCUT2D eigenvalue weighted by Crippen LogP contribution is -2.43. The molecule has 10 heavy (non-hydrogen) atoms. The summed E-state index contributed by atoms with van der Waals surface area (Å²) in [7, 11) is 8.43. The molecule has 0 amide bonds. The highest BCUT2D eigenvalue weighted by atomic mass is 35.5. The Balaban J connectivity index is 3.46. The summed E-state index contributed by atoms with van der Waals surface area (Å²) in [6.07, 6.45) is 0. The van der Waals surface area contributed by atoms with Gasteiger partial charge in [0.2, 0.25) is 0 Å². The highest BCUT2D eigenvalue weighted by Crippen LogP contribution is 1.98. The second-order valence-electron chi connectivity index (χ2n) is 3.58. The topological polar surface area (TPSA) is 3.24 Å². The van der Waals surface area contributed by atoms with Crippen LogP contribution in [0.5, 0.6) is 0 Å². The van der Waals surface area contributed by atoms with Crippen molar-refractivity contribution in [3.05, 3.63) is 0 Å². The van der Waals surface area contributed by atoms with Crippen molar-refractivity contribution in [2.45, 2.75) is 0 Å². The lowest BCUT2D eigenvalue weighted by molar-refractivity contribution is -0.878. The zero-order chi connectivity index (χ0) is 8.20. The summed E-state index contributed by atoms with van der Waals surface area (Å²) in [6.45, 7) is 2.20. The third-order valence-corrected chi connectivity index (χ3v) is 2.12. The standard InChI is InChI=1S/C7H18ClN2/c1-9(2)5-6-10(3,4)7-8/h5-7H2,1-4H3/q+1. The van der Waals surface area contributed by atoms with E-state index in [-0.39, 0.29) is 0 Å². The normalized spacial score (nSPS) is 12.6. The molecule has 62 valence electrons. The molecule has 0 heterocycles. The predicted octanol–water partition coefficient (Wildman–Crippen LogP) is 0.821. The molecule has 0 unspecified atom stereocenters. The molecule has 3 heteroatoms. The molecule has 0 aliphatic rings. The molecule has 0 bridgehead atoms. The van der Waals surface area contributed by atoms with Gasteiger partial charge in [-0.05, 0) is 14.1 Å². The number of quaternary nitrogens is 1.